The molecule has 1 aliphatic heterocycles. The quantitative estimate of drug-likeness (QED) is 0.531. The van der Waals surface area contributed by atoms with E-state index in [4.69, 9.17) is 13.7 Å². The lowest BCUT2D eigenvalue weighted by atomic mass is 9.60. The summed E-state index contributed by atoms with van der Waals surface area (Å²) in [5.41, 5.74) is 0.476. The minimum Gasteiger partial charge on any atom is -0.466 e. The molecule has 4 rings (SSSR count). The fraction of sp³-hybridized carbons (Fsp3) is 0.778. The Morgan fingerprint density at radius 3 is 2.41 bits per heavy atom. The first-order chi connectivity index (χ1) is 14.7. The molecule has 0 unspecified atom stereocenters. The van der Waals surface area contributed by atoms with Crippen molar-refractivity contribution in [3.63, 3.8) is 0 Å². The van der Waals surface area contributed by atoms with Crippen LogP contribution >= 0.6 is 0 Å². The Hall–Kier alpha value is -1.04. The summed E-state index contributed by atoms with van der Waals surface area (Å²) < 4.78 is 18.8. The van der Waals surface area contributed by atoms with Crippen molar-refractivity contribution in [3.05, 3.63) is 35.2 Å². The first kappa shape index (κ1) is 24.1. The summed E-state index contributed by atoms with van der Waals surface area (Å²) in [6.45, 7) is 17.0. The van der Waals surface area contributed by atoms with Crippen molar-refractivity contribution in [1.82, 2.24) is 0 Å². The molecule has 3 aliphatic rings. The van der Waals surface area contributed by atoms with Gasteiger partial charge in [-0.1, -0.05) is 25.4 Å². The Bertz CT molecular complexity index is 845. The van der Waals surface area contributed by atoms with Gasteiger partial charge in [0.25, 0.3) is 0 Å². The van der Waals surface area contributed by atoms with Gasteiger partial charge in [-0.2, -0.15) is 0 Å². The van der Waals surface area contributed by atoms with Crippen LogP contribution in [0.15, 0.2) is 28.1 Å². The van der Waals surface area contributed by atoms with E-state index in [1.165, 1.54) is 31.3 Å². The van der Waals surface area contributed by atoms with E-state index in [1.54, 1.807) is 0 Å². The molecule has 1 aromatic heterocycles. The molecule has 0 spiro atoms. The highest BCUT2D eigenvalue weighted by Gasteiger charge is 2.54. The van der Waals surface area contributed by atoms with Gasteiger partial charge in [-0.25, -0.2) is 0 Å². The van der Waals surface area contributed by atoms with Crippen LogP contribution in [-0.4, -0.2) is 29.0 Å². The molecule has 1 aromatic rings. The fourth-order valence-corrected chi connectivity index (χ4v) is 6.59. The van der Waals surface area contributed by atoms with Crippen LogP contribution in [0.1, 0.15) is 105 Å². The Labute approximate surface area is 195 Å². The lowest BCUT2D eigenvalue weighted by molar-refractivity contribution is 0.00578. The smallest absolute Gasteiger partial charge is 0.466 e. The van der Waals surface area contributed by atoms with Crippen molar-refractivity contribution < 1.29 is 18.8 Å². The van der Waals surface area contributed by atoms with E-state index in [1.807, 2.05) is 19.9 Å². The molecular weight excluding hydrogens is 399 g/mol. The summed E-state index contributed by atoms with van der Waals surface area (Å²) in [6, 6.07) is 4.18. The highest BCUT2D eigenvalue weighted by Crippen LogP contribution is 2.61. The summed E-state index contributed by atoms with van der Waals surface area (Å²) in [4.78, 5) is 0. The number of fused-ring (bicyclic) bond motifs is 1. The second-order valence-electron chi connectivity index (χ2n) is 12.5. The maximum absolute atomic E-state index is 10.2. The monoisotopic (exact) mass is 442 g/mol. The first-order valence-electron chi connectivity index (χ1n) is 12.6. The van der Waals surface area contributed by atoms with E-state index in [0.29, 0.717) is 24.2 Å². The standard InChI is InChI=1S/C27H43BO4/c1-18(23-14-11-20(30-23)16-24(2,3)29)21-12-13-22-19(10-9-15-27(21,22)8)17-28-31-25(4,5)26(6,7)32-28/h11,14,17-18,21-22,29H,9-10,12-13,15-16H2,1-8H3/b19-17-/t18-,21+,22-,27+/m0/s1. The molecule has 1 N–H and O–H groups in total. The van der Waals surface area contributed by atoms with E-state index < -0.39 is 5.60 Å². The summed E-state index contributed by atoms with van der Waals surface area (Å²) >= 11 is 0. The SMILES string of the molecule is C[C@H](c1ccc(CC(C)(C)O)o1)[C@H]1CC[C@H]2/C(=C\B3OC(C)(C)C(C)(C)O3)CCC[C@]12C. The minimum atomic E-state index is -0.751. The molecule has 0 bridgehead atoms. The van der Waals surface area contributed by atoms with Gasteiger partial charge in [-0.3, -0.25) is 0 Å². The van der Waals surface area contributed by atoms with Crippen molar-refractivity contribution in [2.75, 3.05) is 0 Å². The Morgan fingerprint density at radius 1 is 1.12 bits per heavy atom. The van der Waals surface area contributed by atoms with Gasteiger partial charge in [0.15, 0.2) is 0 Å². The average molecular weight is 442 g/mol. The number of hydrogen-bond donors (Lipinski definition) is 1. The molecule has 0 aromatic carbocycles. The molecule has 1 saturated heterocycles. The third-order valence-corrected chi connectivity index (χ3v) is 9.00. The van der Waals surface area contributed by atoms with Gasteiger partial charge in [0, 0.05) is 12.3 Å². The topological polar surface area (TPSA) is 51.8 Å². The summed E-state index contributed by atoms with van der Waals surface area (Å²) in [5, 5.41) is 10.2. The molecule has 0 radical (unpaired) electrons. The Kier molecular flexibility index (Phi) is 6.05. The van der Waals surface area contributed by atoms with Crippen LogP contribution in [0.3, 0.4) is 0 Å². The third kappa shape index (κ3) is 4.37. The Morgan fingerprint density at radius 2 is 1.78 bits per heavy atom. The molecule has 5 heteroatoms. The zero-order chi connectivity index (χ0) is 23.5. The maximum Gasteiger partial charge on any atom is 0.487 e. The number of hydrogen-bond acceptors (Lipinski definition) is 4. The van der Waals surface area contributed by atoms with Crippen LogP contribution in [0, 0.1) is 17.3 Å². The van der Waals surface area contributed by atoms with Crippen LogP contribution in [0.25, 0.3) is 0 Å². The van der Waals surface area contributed by atoms with E-state index in [0.717, 1.165) is 17.9 Å². The van der Waals surface area contributed by atoms with Gasteiger partial charge in [0.1, 0.15) is 11.5 Å². The van der Waals surface area contributed by atoms with Crippen molar-refractivity contribution in [1.29, 1.82) is 0 Å². The van der Waals surface area contributed by atoms with Crippen molar-refractivity contribution >= 4 is 7.12 Å². The molecule has 4 atom stereocenters. The van der Waals surface area contributed by atoms with Crippen LogP contribution in [0.4, 0.5) is 0 Å². The maximum atomic E-state index is 10.2. The summed E-state index contributed by atoms with van der Waals surface area (Å²) in [7, 11) is -0.247. The van der Waals surface area contributed by atoms with Crippen LogP contribution in [-0.2, 0) is 15.7 Å². The van der Waals surface area contributed by atoms with E-state index in [2.05, 4.69) is 53.6 Å². The number of furan rings is 1. The molecule has 2 saturated carbocycles. The minimum absolute atomic E-state index is 0.247. The number of allylic oxidation sites excluding steroid dienone is 1. The van der Waals surface area contributed by atoms with Gasteiger partial charge in [0.05, 0.1) is 16.8 Å². The lowest BCUT2D eigenvalue weighted by Crippen LogP contribution is -2.41. The van der Waals surface area contributed by atoms with Crippen LogP contribution in [0.5, 0.6) is 0 Å². The predicted octanol–water partition coefficient (Wildman–Crippen LogP) is 6.47. The molecular formula is C27H43BO4. The van der Waals surface area contributed by atoms with Crippen LogP contribution in [0.2, 0.25) is 0 Å². The van der Waals surface area contributed by atoms with Crippen molar-refractivity contribution in [3.8, 4) is 0 Å². The van der Waals surface area contributed by atoms with E-state index >= 15 is 0 Å². The highest BCUT2D eigenvalue weighted by molar-refractivity contribution is 6.51. The molecule has 2 heterocycles. The molecule has 3 fully saturated rings. The summed E-state index contributed by atoms with van der Waals surface area (Å²) in [6.07, 6.45) is 6.65. The molecule has 2 aliphatic carbocycles. The second kappa shape index (κ2) is 8.03. The highest BCUT2D eigenvalue weighted by atomic mass is 16.7. The predicted molar refractivity (Wildman–Crippen MR) is 129 cm³/mol. The second-order valence-corrected chi connectivity index (χ2v) is 12.5. The van der Waals surface area contributed by atoms with Gasteiger partial charge < -0.3 is 18.8 Å². The molecule has 4 nitrogen and oxygen atoms in total. The number of rotatable bonds is 5. The summed E-state index contributed by atoms with van der Waals surface area (Å²) in [5.74, 6) is 5.81. The average Bonchev–Trinajstić information content (AvgIpc) is 3.28. The van der Waals surface area contributed by atoms with E-state index in [-0.39, 0.29) is 23.7 Å². The molecule has 178 valence electrons. The lowest BCUT2D eigenvalue weighted by Gasteiger charge is -2.44. The van der Waals surface area contributed by atoms with Gasteiger partial charge in [-0.15, -0.1) is 0 Å². The van der Waals surface area contributed by atoms with Gasteiger partial charge >= 0.3 is 7.12 Å². The van der Waals surface area contributed by atoms with Crippen LogP contribution < -0.4 is 0 Å². The zero-order valence-corrected chi connectivity index (χ0v) is 21.5. The largest absolute Gasteiger partial charge is 0.487 e. The molecule has 32 heavy (non-hydrogen) atoms. The Balaban J connectivity index is 1.52. The fourth-order valence-electron chi connectivity index (χ4n) is 6.59. The zero-order valence-electron chi connectivity index (χ0n) is 21.5. The van der Waals surface area contributed by atoms with Crippen molar-refractivity contribution in [2.24, 2.45) is 17.3 Å². The number of aliphatic hydroxyl groups is 1. The van der Waals surface area contributed by atoms with Gasteiger partial charge in [-0.05, 0) is 103 Å². The van der Waals surface area contributed by atoms with Gasteiger partial charge in [0.2, 0.25) is 0 Å². The normalized spacial score (nSPS) is 34.2. The van der Waals surface area contributed by atoms with E-state index in [9.17, 15) is 5.11 Å². The third-order valence-electron chi connectivity index (χ3n) is 9.00. The first-order valence-corrected chi connectivity index (χ1v) is 12.6. The van der Waals surface area contributed by atoms with Crippen molar-refractivity contribution in [2.45, 2.75) is 117 Å². The molecule has 0 amide bonds.